The van der Waals surface area contributed by atoms with E-state index in [2.05, 4.69) is 43.3 Å². The number of fused-ring (bicyclic) bond motifs is 1. The van der Waals surface area contributed by atoms with Crippen LogP contribution in [0.25, 0.3) is 6.08 Å². The molecule has 0 saturated heterocycles. The Bertz CT molecular complexity index is 297. The molecular weight excluding hydrogens is 218 g/mol. The average molecular weight is 229 g/mol. The summed E-state index contributed by atoms with van der Waals surface area (Å²) in [7, 11) is 0. The number of allylic oxidation sites excluding steroid dienone is 1. The summed E-state index contributed by atoms with van der Waals surface area (Å²) in [4.78, 5) is 0. The molecule has 3 heteroatoms. The molecule has 1 aromatic carbocycles. The fourth-order valence-corrected chi connectivity index (χ4v) is 1.58. The molecule has 1 aliphatic rings. The maximum absolute atomic E-state index is 3.35. The molecule has 73 valence electrons. The molecule has 0 N–H and O–H groups in total. The summed E-state index contributed by atoms with van der Waals surface area (Å²) < 4.78 is 0. The van der Waals surface area contributed by atoms with Crippen LogP contribution in [0.4, 0.5) is 0 Å². The Labute approximate surface area is 98.0 Å². The molecule has 0 fully saturated rings. The van der Waals surface area contributed by atoms with E-state index in [9.17, 15) is 0 Å². The van der Waals surface area contributed by atoms with Crippen molar-refractivity contribution in [2.24, 2.45) is 0 Å². The molecule has 0 spiro atoms. The molecule has 0 nitrogen and oxygen atoms in total. The largest absolute Gasteiger partial charge is 3.00 e. The fraction of sp³-hybridized carbons (Fsp3) is 0.273. The van der Waals surface area contributed by atoms with Crippen LogP contribution in [0.2, 0.25) is 0 Å². The molecule has 1 aliphatic carbocycles. The van der Waals surface area contributed by atoms with Crippen molar-refractivity contribution >= 4 is 6.08 Å². The van der Waals surface area contributed by atoms with Crippen LogP contribution in [0.1, 0.15) is 30.4 Å². The van der Waals surface area contributed by atoms with E-state index in [1.54, 1.807) is 0 Å². The van der Waals surface area contributed by atoms with Gasteiger partial charge in [-0.05, 0) is 0 Å². The van der Waals surface area contributed by atoms with Gasteiger partial charge in [0.2, 0.25) is 0 Å². The molecule has 2 rings (SSSR count). The van der Waals surface area contributed by atoms with Crippen molar-refractivity contribution in [2.45, 2.75) is 19.3 Å². The van der Waals surface area contributed by atoms with Gasteiger partial charge in [-0.15, -0.1) is 11.6 Å². The Hall–Kier alpha value is -0.466. The predicted molar refractivity (Wildman–Crippen MR) is 47.2 cm³/mol. The zero-order chi connectivity index (χ0) is 7.68. The number of rotatable bonds is 1. The molecule has 14 heavy (non-hydrogen) atoms. The van der Waals surface area contributed by atoms with Crippen molar-refractivity contribution in [1.82, 2.24) is 0 Å². The first-order valence-corrected chi connectivity index (χ1v) is 4.10. The Balaban J connectivity index is 0. The quantitative estimate of drug-likeness (QED) is 0.356. The third-order valence-electron chi connectivity index (χ3n) is 2.22. The molecule has 0 bridgehead atoms. The van der Waals surface area contributed by atoms with Gasteiger partial charge in [0.25, 0.3) is 0 Å². The molecule has 1 radical (unpaired) electrons. The van der Waals surface area contributed by atoms with Gasteiger partial charge in [-0.3, -0.25) is 6.08 Å². The maximum atomic E-state index is 3.35. The van der Waals surface area contributed by atoms with Crippen LogP contribution in [-0.4, -0.2) is 0 Å². The summed E-state index contributed by atoms with van der Waals surface area (Å²) in [6, 6.07) is 8.52. The van der Waals surface area contributed by atoms with Gasteiger partial charge in [-0.25, -0.2) is 6.08 Å². The first kappa shape index (κ1) is 16.0. The summed E-state index contributed by atoms with van der Waals surface area (Å²) in [5, 5.41) is 0. The minimum atomic E-state index is 0. The number of benzene rings is 1. The minimum Gasteiger partial charge on any atom is -1.00 e. The van der Waals surface area contributed by atoms with Gasteiger partial charge in [-0.1, -0.05) is 37.5 Å². The van der Waals surface area contributed by atoms with Crippen molar-refractivity contribution in [2.75, 3.05) is 0 Å². The van der Waals surface area contributed by atoms with E-state index in [0.717, 1.165) is 6.42 Å². The van der Waals surface area contributed by atoms with Crippen LogP contribution >= 0.6 is 0 Å². The van der Waals surface area contributed by atoms with Gasteiger partial charge in [0.15, 0.2) is 0 Å². The van der Waals surface area contributed by atoms with E-state index in [0.29, 0.717) is 5.92 Å². The normalized spacial score (nSPS) is 15.9. The van der Waals surface area contributed by atoms with Gasteiger partial charge in [0, 0.05) is 0 Å². The molecular formula is C11H11F2Ti. The molecule has 0 amide bonds. The smallest absolute Gasteiger partial charge is 1.00 e. The fourth-order valence-electron chi connectivity index (χ4n) is 1.58. The van der Waals surface area contributed by atoms with Crippen LogP contribution < -0.4 is 9.41 Å². The molecule has 0 aromatic heterocycles. The zero-order valence-corrected chi connectivity index (χ0v) is 9.49. The molecule has 0 heterocycles. The molecule has 1 atom stereocenters. The molecule has 0 saturated carbocycles. The van der Waals surface area contributed by atoms with Gasteiger partial charge >= 0.3 is 21.7 Å². The maximum Gasteiger partial charge on any atom is 3.00 e. The van der Waals surface area contributed by atoms with Gasteiger partial charge < -0.3 is 9.41 Å². The Morgan fingerprint density at radius 3 is 2.50 bits per heavy atom. The summed E-state index contributed by atoms with van der Waals surface area (Å²) >= 11 is 0. The van der Waals surface area contributed by atoms with Crippen LogP contribution in [0.3, 0.4) is 0 Å². The Morgan fingerprint density at radius 2 is 1.86 bits per heavy atom. The van der Waals surface area contributed by atoms with E-state index in [1.807, 2.05) is 0 Å². The Morgan fingerprint density at radius 1 is 1.21 bits per heavy atom. The number of hydrogen-bond donors (Lipinski definition) is 0. The van der Waals surface area contributed by atoms with Crippen molar-refractivity contribution in [1.29, 1.82) is 0 Å². The second-order valence-corrected chi connectivity index (χ2v) is 2.90. The summed E-state index contributed by atoms with van der Waals surface area (Å²) in [5.41, 5.74) is 2.79. The predicted octanol–water partition coefficient (Wildman–Crippen LogP) is -2.98. The van der Waals surface area contributed by atoms with E-state index < -0.39 is 0 Å². The zero-order valence-electron chi connectivity index (χ0n) is 7.93. The first-order valence-electron chi connectivity index (χ1n) is 4.10. The summed E-state index contributed by atoms with van der Waals surface area (Å²) in [6.07, 6.45) is 6.61. The standard InChI is InChI=1S/C11H11.2FH.Ti/c1-2-9-7-8-10-5-3-4-6-11(9)10;;;/h3-6,8-9H,2H2,1H3;2*1H;/q-1;;;+3/p-2. The van der Waals surface area contributed by atoms with Gasteiger partial charge in [-0.2, -0.15) is 5.56 Å². The SMILES string of the molecule is CCC1[C-]=Cc2ccccc21.[F-].[F-].[Ti+3]. The summed E-state index contributed by atoms with van der Waals surface area (Å²) in [5.74, 6) is 0.547. The van der Waals surface area contributed by atoms with Crippen LogP contribution in [0, 0.1) is 6.08 Å². The van der Waals surface area contributed by atoms with Gasteiger partial charge in [0.1, 0.15) is 0 Å². The first-order chi connectivity index (χ1) is 5.42. The number of hydrogen-bond acceptors (Lipinski definition) is 0. The van der Waals surface area contributed by atoms with Crippen LogP contribution in [0.15, 0.2) is 24.3 Å². The Kier molecular flexibility index (Phi) is 7.89. The minimum absolute atomic E-state index is 0. The van der Waals surface area contributed by atoms with Crippen molar-refractivity contribution in [3.8, 4) is 0 Å². The van der Waals surface area contributed by atoms with Gasteiger partial charge in [0.05, 0.1) is 0 Å². The van der Waals surface area contributed by atoms with Crippen LogP contribution in [-0.2, 0) is 21.7 Å². The monoisotopic (exact) mass is 229 g/mol. The van der Waals surface area contributed by atoms with Crippen molar-refractivity contribution in [3.63, 3.8) is 0 Å². The van der Waals surface area contributed by atoms with Crippen molar-refractivity contribution < 1.29 is 31.1 Å². The van der Waals surface area contributed by atoms with Crippen molar-refractivity contribution in [3.05, 3.63) is 41.5 Å². The third kappa shape index (κ3) is 2.76. The average Bonchev–Trinajstić information content (AvgIpc) is 2.47. The van der Waals surface area contributed by atoms with E-state index in [1.165, 1.54) is 11.1 Å². The second kappa shape index (κ2) is 6.91. The molecule has 0 aliphatic heterocycles. The second-order valence-electron chi connectivity index (χ2n) is 2.90. The molecule has 1 unspecified atom stereocenters. The van der Waals surface area contributed by atoms with E-state index in [-0.39, 0.29) is 31.1 Å². The summed E-state index contributed by atoms with van der Waals surface area (Å²) in [6.45, 7) is 2.20. The van der Waals surface area contributed by atoms with E-state index >= 15 is 0 Å². The topological polar surface area (TPSA) is 0 Å². The molecule has 1 aromatic rings. The van der Waals surface area contributed by atoms with E-state index in [4.69, 9.17) is 0 Å². The third-order valence-corrected chi connectivity index (χ3v) is 2.22. The number of halogens is 2. The van der Waals surface area contributed by atoms with Crippen LogP contribution in [0.5, 0.6) is 0 Å².